The Hall–Kier alpha value is -0.0400. The molecule has 2 bridgehead atoms. The summed E-state index contributed by atoms with van der Waals surface area (Å²) in [4.78, 5) is 2.56. The van der Waals surface area contributed by atoms with Crippen molar-refractivity contribution in [2.75, 3.05) is 20.1 Å². The van der Waals surface area contributed by atoms with Crippen molar-refractivity contribution < 1.29 is 0 Å². The molecule has 3 rings (SSSR count). The Morgan fingerprint density at radius 3 is 2.27 bits per heavy atom. The van der Waals surface area contributed by atoms with E-state index in [0.29, 0.717) is 16.2 Å². The lowest BCUT2D eigenvalue weighted by Gasteiger charge is -2.47. The second kappa shape index (κ2) is 2.61. The molecule has 1 heterocycles. The third-order valence-electron chi connectivity index (χ3n) is 6.79. The summed E-state index contributed by atoms with van der Waals surface area (Å²) < 4.78 is 0. The van der Waals surface area contributed by atoms with Crippen LogP contribution < -0.4 is 0 Å². The van der Waals surface area contributed by atoms with Crippen LogP contribution in [0.2, 0.25) is 0 Å². The molecule has 15 heavy (non-hydrogen) atoms. The van der Waals surface area contributed by atoms with Crippen molar-refractivity contribution in [3.05, 3.63) is 0 Å². The fraction of sp³-hybridized carbons (Fsp3) is 1.00. The van der Waals surface area contributed by atoms with Gasteiger partial charge in [0.2, 0.25) is 0 Å². The van der Waals surface area contributed by atoms with Crippen LogP contribution in [0.5, 0.6) is 0 Å². The SMILES string of the molecule is CN1CCC2(CC3CCC2(C)C3(C)C)C1. The van der Waals surface area contributed by atoms with E-state index in [1.54, 1.807) is 0 Å². The topological polar surface area (TPSA) is 3.24 Å². The first-order chi connectivity index (χ1) is 6.91. The Bertz CT molecular complexity index is 296. The van der Waals surface area contributed by atoms with E-state index >= 15 is 0 Å². The summed E-state index contributed by atoms with van der Waals surface area (Å²) in [5.41, 5.74) is 1.89. The van der Waals surface area contributed by atoms with Crippen LogP contribution >= 0.6 is 0 Å². The smallest absolute Gasteiger partial charge is 0.00409 e. The van der Waals surface area contributed by atoms with Crippen LogP contribution in [0.25, 0.3) is 0 Å². The van der Waals surface area contributed by atoms with E-state index in [1.807, 2.05) is 0 Å². The first-order valence-electron chi connectivity index (χ1n) is 6.60. The molecule has 0 aromatic heterocycles. The first kappa shape index (κ1) is 10.1. The van der Waals surface area contributed by atoms with Gasteiger partial charge in [-0.1, -0.05) is 20.8 Å². The summed E-state index contributed by atoms with van der Waals surface area (Å²) in [6.45, 7) is 10.4. The van der Waals surface area contributed by atoms with Crippen LogP contribution in [0.15, 0.2) is 0 Å². The van der Waals surface area contributed by atoms with Crippen LogP contribution in [0.1, 0.15) is 46.5 Å². The number of rotatable bonds is 0. The maximum atomic E-state index is 2.60. The number of nitrogens with zero attached hydrogens (tertiary/aromatic N) is 1. The molecule has 2 saturated carbocycles. The number of fused-ring (bicyclic) bond motifs is 3. The summed E-state index contributed by atoms with van der Waals surface area (Å²) in [5.74, 6) is 1.01. The minimum atomic E-state index is 0.595. The van der Waals surface area contributed by atoms with Crippen molar-refractivity contribution in [2.45, 2.75) is 46.5 Å². The summed E-state index contributed by atoms with van der Waals surface area (Å²) >= 11 is 0. The first-order valence-corrected chi connectivity index (χ1v) is 6.60. The van der Waals surface area contributed by atoms with Crippen molar-refractivity contribution in [3.8, 4) is 0 Å². The van der Waals surface area contributed by atoms with E-state index in [-0.39, 0.29) is 0 Å². The zero-order valence-corrected chi connectivity index (χ0v) is 10.8. The third kappa shape index (κ3) is 0.945. The molecule has 0 radical (unpaired) electrons. The molecule has 0 aromatic rings. The summed E-state index contributed by atoms with van der Waals surface area (Å²) in [6.07, 6.45) is 5.95. The second-order valence-corrected chi connectivity index (χ2v) is 7.26. The average molecular weight is 207 g/mol. The quantitative estimate of drug-likeness (QED) is 0.590. The Balaban J connectivity index is 2.02. The van der Waals surface area contributed by atoms with E-state index in [0.717, 1.165) is 5.92 Å². The zero-order valence-electron chi connectivity index (χ0n) is 10.8. The van der Waals surface area contributed by atoms with Crippen LogP contribution in [0.3, 0.4) is 0 Å². The van der Waals surface area contributed by atoms with Gasteiger partial charge in [-0.2, -0.15) is 0 Å². The molecule has 3 atom stereocenters. The maximum absolute atomic E-state index is 2.60. The van der Waals surface area contributed by atoms with Crippen molar-refractivity contribution in [2.24, 2.45) is 22.2 Å². The highest BCUT2D eigenvalue weighted by molar-refractivity contribution is 5.18. The minimum absolute atomic E-state index is 0.595. The molecule has 86 valence electrons. The van der Waals surface area contributed by atoms with Gasteiger partial charge in [-0.25, -0.2) is 0 Å². The van der Waals surface area contributed by atoms with Crippen molar-refractivity contribution in [1.29, 1.82) is 0 Å². The van der Waals surface area contributed by atoms with Crippen LogP contribution in [0.4, 0.5) is 0 Å². The number of hydrogen-bond acceptors (Lipinski definition) is 1. The number of likely N-dealkylation sites (tertiary alicyclic amines) is 1. The standard InChI is InChI=1S/C14H25N/c1-12(2)11-5-6-13(12,3)14(9-11)7-8-15(4)10-14/h11H,5-10H2,1-4H3. The van der Waals surface area contributed by atoms with Gasteiger partial charge in [0.15, 0.2) is 0 Å². The maximum Gasteiger partial charge on any atom is 0.00409 e. The largest absolute Gasteiger partial charge is 0.306 e. The highest BCUT2D eigenvalue weighted by atomic mass is 15.1. The molecule has 1 saturated heterocycles. The highest BCUT2D eigenvalue weighted by Crippen LogP contribution is 2.75. The van der Waals surface area contributed by atoms with Gasteiger partial charge in [-0.05, 0) is 61.4 Å². The monoisotopic (exact) mass is 207 g/mol. The van der Waals surface area contributed by atoms with Gasteiger partial charge in [0, 0.05) is 6.54 Å². The van der Waals surface area contributed by atoms with Crippen molar-refractivity contribution in [1.82, 2.24) is 4.90 Å². The molecule has 0 amide bonds. The Kier molecular flexibility index (Phi) is 1.77. The van der Waals surface area contributed by atoms with Gasteiger partial charge in [-0.15, -0.1) is 0 Å². The highest BCUT2D eigenvalue weighted by Gasteiger charge is 2.68. The molecule has 1 spiro atoms. The predicted molar refractivity (Wildman–Crippen MR) is 63.8 cm³/mol. The Labute approximate surface area is 94.2 Å². The van der Waals surface area contributed by atoms with Crippen LogP contribution in [0, 0.1) is 22.2 Å². The van der Waals surface area contributed by atoms with E-state index in [9.17, 15) is 0 Å². The molecule has 0 N–H and O–H groups in total. The molecule has 3 aliphatic rings. The minimum Gasteiger partial charge on any atom is -0.306 e. The summed E-state index contributed by atoms with van der Waals surface area (Å²) in [6, 6.07) is 0. The van der Waals surface area contributed by atoms with Gasteiger partial charge in [0.05, 0.1) is 0 Å². The third-order valence-corrected chi connectivity index (χ3v) is 6.79. The lowest BCUT2D eigenvalue weighted by molar-refractivity contribution is 0.0230. The molecule has 1 aliphatic heterocycles. The molecule has 0 aromatic carbocycles. The van der Waals surface area contributed by atoms with Crippen LogP contribution in [-0.2, 0) is 0 Å². The molecule has 2 aliphatic carbocycles. The summed E-state index contributed by atoms with van der Waals surface area (Å²) in [5, 5.41) is 0. The normalized spacial score (nSPS) is 53.2. The van der Waals surface area contributed by atoms with Gasteiger partial charge >= 0.3 is 0 Å². The molecule has 3 unspecified atom stereocenters. The van der Waals surface area contributed by atoms with Crippen molar-refractivity contribution in [3.63, 3.8) is 0 Å². The second-order valence-electron chi connectivity index (χ2n) is 7.26. The predicted octanol–water partition coefficient (Wildman–Crippen LogP) is 3.15. The van der Waals surface area contributed by atoms with Gasteiger partial charge in [0.1, 0.15) is 0 Å². The van der Waals surface area contributed by atoms with Gasteiger partial charge < -0.3 is 4.90 Å². The van der Waals surface area contributed by atoms with E-state index in [2.05, 4.69) is 32.7 Å². The molecular formula is C14H25N. The summed E-state index contributed by atoms with van der Waals surface area (Å²) in [7, 11) is 2.30. The van der Waals surface area contributed by atoms with E-state index in [1.165, 1.54) is 38.8 Å². The van der Waals surface area contributed by atoms with E-state index in [4.69, 9.17) is 0 Å². The van der Waals surface area contributed by atoms with Gasteiger partial charge in [0.25, 0.3) is 0 Å². The molecular weight excluding hydrogens is 182 g/mol. The fourth-order valence-corrected chi connectivity index (χ4v) is 5.30. The molecule has 1 heteroatoms. The fourth-order valence-electron chi connectivity index (χ4n) is 5.30. The lowest BCUT2D eigenvalue weighted by Crippen LogP contribution is -2.43. The van der Waals surface area contributed by atoms with Gasteiger partial charge in [-0.3, -0.25) is 0 Å². The van der Waals surface area contributed by atoms with Crippen molar-refractivity contribution >= 4 is 0 Å². The van der Waals surface area contributed by atoms with Crippen LogP contribution in [-0.4, -0.2) is 25.0 Å². The van der Waals surface area contributed by atoms with E-state index < -0.39 is 0 Å². The zero-order chi connectivity index (χ0) is 10.9. The lowest BCUT2D eigenvalue weighted by atomic mass is 9.58. The number of hydrogen-bond donors (Lipinski definition) is 0. The Morgan fingerprint density at radius 1 is 1.13 bits per heavy atom. The Morgan fingerprint density at radius 2 is 1.87 bits per heavy atom. The average Bonchev–Trinajstić information content (AvgIpc) is 2.66. The molecule has 1 nitrogen and oxygen atoms in total. The molecule has 3 fully saturated rings.